The molecule has 0 fully saturated rings. The van der Waals surface area contributed by atoms with Gasteiger partial charge in [0.05, 0.1) is 11.8 Å². The summed E-state index contributed by atoms with van der Waals surface area (Å²) in [5.74, 6) is 1.78. The minimum absolute atomic E-state index is 0.180. The van der Waals surface area contributed by atoms with E-state index in [9.17, 15) is 0 Å². The number of nitrogens with zero attached hydrogens (tertiary/aromatic N) is 4. The molecule has 0 bridgehead atoms. The molecule has 2 aromatic carbocycles. The molecule has 1 atom stereocenters. The maximum Gasteiger partial charge on any atom is 0.212 e. The van der Waals surface area contributed by atoms with Gasteiger partial charge in [-0.1, -0.05) is 80.2 Å². The van der Waals surface area contributed by atoms with E-state index < -0.39 is 0 Å². The summed E-state index contributed by atoms with van der Waals surface area (Å²) in [7, 11) is 0. The van der Waals surface area contributed by atoms with Crippen LogP contribution in [-0.2, 0) is 0 Å². The first-order valence-corrected chi connectivity index (χ1v) is 9.69. The van der Waals surface area contributed by atoms with Gasteiger partial charge in [0, 0.05) is 5.75 Å². The van der Waals surface area contributed by atoms with Crippen LogP contribution in [0.3, 0.4) is 0 Å². The van der Waals surface area contributed by atoms with Crippen LogP contribution < -0.4 is 5.73 Å². The van der Waals surface area contributed by atoms with Crippen molar-refractivity contribution in [3.8, 4) is 11.1 Å². The fraction of sp³-hybridized carbons (Fsp3) is 0.250. The quantitative estimate of drug-likeness (QED) is 0.762. The highest BCUT2D eigenvalue weighted by Gasteiger charge is 2.24. The summed E-state index contributed by atoms with van der Waals surface area (Å²) in [5.41, 5.74) is 10.8. The number of rotatable bonds is 4. The van der Waals surface area contributed by atoms with Crippen molar-refractivity contribution in [1.82, 2.24) is 14.9 Å². The SMILES string of the molecule is CC(C)C(N)c1nnc2n1N=C(c1ccc(-c3ccccc3)cc1)CS2. The van der Waals surface area contributed by atoms with Crippen LogP contribution in [0.15, 0.2) is 64.9 Å². The van der Waals surface area contributed by atoms with Gasteiger partial charge >= 0.3 is 0 Å². The Hall–Kier alpha value is -2.44. The van der Waals surface area contributed by atoms with Gasteiger partial charge in [-0.15, -0.1) is 10.2 Å². The van der Waals surface area contributed by atoms with E-state index in [1.165, 1.54) is 11.1 Å². The minimum Gasteiger partial charge on any atom is -0.321 e. The first-order chi connectivity index (χ1) is 12.6. The van der Waals surface area contributed by atoms with Crippen LogP contribution in [0.4, 0.5) is 0 Å². The highest BCUT2D eigenvalue weighted by molar-refractivity contribution is 7.99. The van der Waals surface area contributed by atoms with Crippen LogP contribution in [0.1, 0.15) is 31.3 Å². The highest BCUT2D eigenvalue weighted by atomic mass is 32.2. The molecule has 4 rings (SSSR count). The van der Waals surface area contributed by atoms with E-state index in [1.54, 1.807) is 16.4 Å². The molecule has 1 aliphatic rings. The summed E-state index contributed by atoms with van der Waals surface area (Å²) in [6.45, 7) is 4.16. The van der Waals surface area contributed by atoms with Crippen molar-refractivity contribution in [2.45, 2.75) is 25.0 Å². The Morgan fingerprint density at radius 3 is 2.27 bits per heavy atom. The van der Waals surface area contributed by atoms with E-state index in [1.807, 2.05) is 6.07 Å². The molecule has 5 nitrogen and oxygen atoms in total. The fourth-order valence-electron chi connectivity index (χ4n) is 2.88. The Morgan fingerprint density at radius 2 is 1.58 bits per heavy atom. The molecule has 132 valence electrons. The molecule has 1 aliphatic heterocycles. The zero-order valence-corrected chi connectivity index (χ0v) is 15.6. The van der Waals surface area contributed by atoms with E-state index in [2.05, 4.69) is 72.6 Å². The molecular formula is C20H21N5S. The molecule has 0 saturated heterocycles. The van der Waals surface area contributed by atoms with Crippen molar-refractivity contribution < 1.29 is 0 Å². The zero-order chi connectivity index (χ0) is 18.1. The lowest BCUT2D eigenvalue weighted by atomic mass is 10.0. The van der Waals surface area contributed by atoms with Gasteiger partial charge < -0.3 is 5.73 Å². The van der Waals surface area contributed by atoms with Gasteiger partial charge in [0.1, 0.15) is 0 Å². The molecule has 2 heterocycles. The predicted molar refractivity (Wildman–Crippen MR) is 106 cm³/mol. The lowest BCUT2D eigenvalue weighted by Gasteiger charge is -2.18. The van der Waals surface area contributed by atoms with Gasteiger partial charge in [-0.3, -0.25) is 0 Å². The Kier molecular flexibility index (Phi) is 4.61. The number of fused-ring (bicyclic) bond motifs is 1. The second-order valence-electron chi connectivity index (χ2n) is 6.70. The number of aromatic nitrogens is 3. The standard InChI is InChI=1S/C20H21N5S/c1-13(2)18(21)19-22-23-20-25(19)24-17(12-26-20)16-10-8-15(9-11-16)14-6-4-3-5-7-14/h3-11,13,18H,12,21H2,1-2H3. The van der Waals surface area contributed by atoms with Crippen LogP contribution in [0.5, 0.6) is 0 Å². The summed E-state index contributed by atoms with van der Waals surface area (Å²) in [6.07, 6.45) is 0. The maximum atomic E-state index is 6.27. The first-order valence-electron chi connectivity index (χ1n) is 8.71. The molecule has 1 aromatic heterocycles. The van der Waals surface area contributed by atoms with Gasteiger partial charge in [-0.05, 0) is 22.6 Å². The highest BCUT2D eigenvalue weighted by Crippen LogP contribution is 2.28. The predicted octanol–water partition coefficient (Wildman–Crippen LogP) is 3.96. The number of hydrogen-bond acceptors (Lipinski definition) is 5. The maximum absolute atomic E-state index is 6.27. The molecule has 0 amide bonds. The third kappa shape index (κ3) is 3.18. The monoisotopic (exact) mass is 363 g/mol. The second-order valence-corrected chi connectivity index (χ2v) is 7.64. The molecule has 3 aromatic rings. The normalized spacial score (nSPS) is 14.8. The molecule has 1 unspecified atom stereocenters. The van der Waals surface area contributed by atoms with Crippen molar-refractivity contribution in [3.05, 3.63) is 66.0 Å². The molecule has 6 heteroatoms. The largest absolute Gasteiger partial charge is 0.321 e. The van der Waals surface area contributed by atoms with Gasteiger partial charge in [-0.25, -0.2) is 0 Å². The van der Waals surface area contributed by atoms with Crippen molar-refractivity contribution in [2.75, 3.05) is 5.75 Å². The summed E-state index contributed by atoms with van der Waals surface area (Å²) in [5, 5.41) is 14.1. The second kappa shape index (κ2) is 7.05. The van der Waals surface area contributed by atoms with E-state index in [4.69, 9.17) is 10.8 Å². The average Bonchev–Trinajstić information content (AvgIpc) is 3.11. The third-order valence-corrected chi connectivity index (χ3v) is 5.47. The van der Waals surface area contributed by atoms with Gasteiger partial charge in [0.15, 0.2) is 5.82 Å². The first kappa shape index (κ1) is 17.0. The van der Waals surface area contributed by atoms with Crippen LogP contribution in [0.25, 0.3) is 11.1 Å². The number of benzene rings is 2. The van der Waals surface area contributed by atoms with Gasteiger partial charge in [-0.2, -0.15) is 9.78 Å². The van der Waals surface area contributed by atoms with Crippen molar-refractivity contribution in [1.29, 1.82) is 0 Å². The molecule has 0 saturated carbocycles. The van der Waals surface area contributed by atoms with E-state index in [0.717, 1.165) is 28.0 Å². The lowest BCUT2D eigenvalue weighted by Crippen LogP contribution is -2.23. The van der Waals surface area contributed by atoms with E-state index in [0.29, 0.717) is 0 Å². The van der Waals surface area contributed by atoms with Crippen LogP contribution >= 0.6 is 11.8 Å². The number of hydrogen-bond donors (Lipinski definition) is 1. The summed E-state index contributed by atoms with van der Waals surface area (Å²) in [4.78, 5) is 0. The Balaban J connectivity index is 1.65. The minimum atomic E-state index is -0.180. The van der Waals surface area contributed by atoms with Gasteiger partial charge in [0.25, 0.3) is 0 Å². The molecule has 0 spiro atoms. The van der Waals surface area contributed by atoms with Gasteiger partial charge in [0.2, 0.25) is 5.16 Å². The van der Waals surface area contributed by atoms with Crippen molar-refractivity contribution >= 4 is 17.5 Å². The van der Waals surface area contributed by atoms with Crippen molar-refractivity contribution in [2.24, 2.45) is 16.8 Å². The number of thioether (sulfide) groups is 1. The van der Waals surface area contributed by atoms with Crippen LogP contribution in [-0.4, -0.2) is 26.3 Å². The Morgan fingerprint density at radius 1 is 0.923 bits per heavy atom. The molecule has 2 N–H and O–H groups in total. The summed E-state index contributed by atoms with van der Waals surface area (Å²) >= 11 is 1.65. The zero-order valence-electron chi connectivity index (χ0n) is 14.8. The molecule has 26 heavy (non-hydrogen) atoms. The number of nitrogens with two attached hydrogens (primary N) is 1. The third-order valence-electron chi connectivity index (χ3n) is 4.54. The van der Waals surface area contributed by atoms with Crippen molar-refractivity contribution in [3.63, 3.8) is 0 Å². The topological polar surface area (TPSA) is 69.1 Å². The molecule has 0 radical (unpaired) electrons. The summed E-state index contributed by atoms with van der Waals surface area (Å²) in [6, 6.07) is 18.7. The molecular weight excluding hydrogens is 342 g/mol. The lowest BCUT2D eigenvalue weighted by molar-refractivity contribution is 0.470. The Labute approximate surface area is 157 Å². The van der Waals surface area contributed by atoms with E-state index >= 15 is 0 Å². The summed E-state index contributed by atoms with van der Waals surface area (Å²) < 4.78 is 1.80. The van der Waals surface area contributed by atoms with Crippen LogP contribution in [0.2, 0.25) is 0 Å². The fourth-order valence-corrected chi connectivity index (χ4v) is 3.72. The Bertz CT molecular complexity index is 929. The molecule has 0 aliphatic carbocycles. The van der Waals surface area contributed by atoms with Crippen LogP contribution in [0, 0.1) is 5.92 Å². The smallest absolute Gasteiger partial charge is 0.212 e. The van der Waals surface area contributed by atoms with E-state index in [-0.39, 0.29) is 12.0 Å². The average molecular weight is 363 g/mol.